The highest BCUT2D eigenvalue weighted by atomic mass is 16.5. The Morgan fingerprint density at radius 2 is 1.53 bits per heavy atom. The maximum Gasteiger partial charge on any atom is 0.308 e. The number of carbonyl (C=O) groups is 4. The summed E-state index contributed by atoms with van der Waals surface area (Å²) in [4.78, 5) is 53.0. The lowest BCUT2D eigenvalue weighted by atomic mass is 9.41. The van der Waals surface area contributed by atoms with Crippen LogP contribution in [0, 0.1) is 45.8 Å². The molecule has 0 aliphatic heterocycles. The minimum Gasteiger partial charge on any atom is -0.469 e. The molecule has 0 heterocycles. The van der Waals surface area contributed by atoms with Crippen LogP contribution in [0.5, 0.6) is 0 Å². The first-order chi connectivity index (χ1) is 17.9. The molecule has 1 fully saturated rings. The van der Waals surface area contributed by atoms with Crippen LogP contribution in [0.1, 0.15) is 66.2 Å². The van der Waals surface area contributed by atoms with Crippen LogP contribution in [0.25, 0.3) is 0 Å². The summed E-state index contributed by atoms with van der Waals surface area (Å²) in [6.07, 6.45) is 14.0. The number of ether oxygens (including phenoxy) is 2. The average molecular weight is 521 g/mol. The van der Waals surface area contributed by atoms with Gasteiger partial charge < -0.3 is 9.47 Å². The van der Waals surface area contributed by atoms with Gasteiger partial charge in [-0.2, -0.15) is 0 Å². The topological polar surface area (TPSA) is 86.7 Å². The van der Waals surface area contributed by atoms with Crippen LogP contribution in [0.15, 0.2) is 47.1 Å². The molecule has 0 radical (unpaired) electrons. The molecule has 0 aromatic heterocycles. The molecule has 6 nitrogen and oxygen atoms in total. The molecule has 0 amide bonds. The Bertz CT molecular complexity index is 1220. The highest BCUT2D eigenvalue weighted by Crippen LogP contribution is 2.68. The molecule has 6 heteroatoms. The van der Waals surface area contributed by atoms with Crippen molar-refractivity contribution in [1.82, 2.24) is 0 Å². The summed E-state index contributed by atoms with van der Waals surface area (Å²) in [6.45, 7) is 8.17. The highest BCUT2D eigenvalue weighted by Gasteiger charge is 2.64. The zero-order valence-electron chi connectivity index (χ0n) is 23.5. The molecule has 1 saturated carbocycles. The van der Waals surface area contributed by atoms with Gasteiger partial charge in [-0.15, -0.1) is 0 Å². The molecule has 0 bridgehead atoms. The Hall–Kier alpha value is -2.76. The number of ketones is 2. The van der Waals surface area contributed by atoms with Gasteiger partial charge in [-0.05, 0) is 79.2 Å². The lowest BCUT2D eigenvalue weighted by molar-refractivity contribution is -0.150. The fourth-order valence-electron chi connectivity index (χ4n) is 8.58. The Labute approximate surface area is 225 Å². The van der Waals surface area contributed by atoms with Crippen molar-refractivity contribution < 1.29 is 28.7 Å². The molecule has 8 atom stereocenters. The third kappa shape index (κ3) is 3.65. The normalized spacial score (nSPS) is 39.2. The Balaban J connectivity index is 1.76. The van der Waals surface area contributed by atoms with Crippen LogP contribution < -0.4 is 0 Å². The van der Waals surface area contributed by atoms with E-state index in [0.29, 0.717) is 12.8 Å². The smallest absolute Gasteiger partial charge is 0.308 e. The second kappa shape index (κ2) is 9.17. The van der Waals surface area contributed by atoms with Gasteiger partial charge in [0.25, 0.3) is 0 Å². The predicted octanol–water partition coefficient (Wildman–Crippen LogP) is 5.33. The van der Waals surface area contributed by atoms with Gasteiger partial charge in [0, 0.05) is 16.7 Å². The van der Waals surface area contributed by atoms with E-state index in [2.05, 4.69) is 19.9 Å². The van der Waals surface area contributed by atoms with Crippen LogP contribution in [-0.4, -0.2) is 37.7 Å². The summed E-state index contributed by atoms with van der Waals surface area (Å²) in [5.74, 6) is -1.67. The van der Waals surface area contributed by atoms with Crippen LogP contribution in [0.2, 0.25) is 0 Å². The summed E-state index contributed by atoms with van der Waals surface area (Å²) in [5.41, 5.74) is 1.41. The van der Waals surface area contributed by atoms with Gasteiger partial charge in [-0.1, -0.05) is 45.9 Å². The Morgan fingerprint density at radius 3 is 2.21 bits per heavy atom. The Morgan fingerprint density at radius 1 is 0.895 bits per heavy atom. The largest absolute Gasteiger partial charge is 0.469 e. The standard InChI is InChI=1S/C32H40O6/c1-18(28(35)37-5)20-7-12-30(3)15-11-25(34)32(24(30)17-20)16-9-22-23(33)10-14-31(4)13-8-21(27(32)26(22)31)19(2)29(36)38-6/h10-11,14-15,17-21,27H,7-9,12-13,16H2,1-6H3/t18-,19-,20+,21-,27-,30-,31-,32-/m0/s1. The predicted molar refractivity (Wildman–Crippen MR) is 143 cm³/mol. The van der Waals surface area contributed by atoms with E-state index in [4.69, 9.17) is 9.47 Å². The molecule has 0 N–H and O–H groups in total. The van der Waals surface area contributed by atoms with Gasteiger partial charge in [-0.3, -0.25) is 19.2 Å². The molecule has 5 aliphatic carbocycles. The van der Waals surface area contributed by atoms with Crippen molar-refractivity contribution in [2.24, 2.45) is 45.8 Å². The fraction of sp³-hybridized carbons (Fsp3) is 0.625. The second-order valence-corrected chi connectivity index (χ2v) is 12.7. The summed E-state index contributed by atoms with van der Waals surface area (Å²) in [5, 5.41) is 0. The Kier molecular flexibility index (Phi) is 6.47. The van der Waals surface area contributed by atoms with E-state index >= 15 is 0 Å². The van der Waals surface area contributed by atoms with Crippen molar-refractivity contribution in [2.45, 2.75) is 66.2 Å². The number of esters is 2. The third-order valence-electron chi connectivity index (χ3n) is 10.8. The number of carbonyl (C=O) groups excluding carboxylic acids is 4. The molecule has 0 unspecified atom stereocenters. The van der Waals surface area contributed by atoms with E-state index in [1.807, 2.05) is 26.0 Å². The van der Waals surface area contributed by atoms with Crippen molar-refractivity contribution in [1.29, 1.82) is 0 Å². The maximum atomic E-state index is 14.3. The van der Waals surface area contributed by atoms with Crippen LogP contribution in [0.4, 0.5) is 0 Å². The van der Waals surface area contributed by atoms with Crippen LogP contribution in [-0.2, 0) is 28.7 Å². The van der Waals surface area contributed by atoms with Crippen molar-refractivity contribution in [2.75, 3.05) is 14.2 Å². The van der Waals surface area contributed by atoms with Gasteiger partial charge in [0.2, 0.25) is 0 Å². The molecule has 204 valence electrons. The SMILES string of the molecule is COC(=O)[C@@H](C)[C@@H]1CC[C@@]2(C)C=CC(=O)C3=C2[C@H]1[C@]1(CC3)C(=O)C=C[C@]2(C)CC[C@@H]([C@H](C)C(=O)OC)C=C12. The van der Waals surface area contributed by atoms with Crippen LogP contribution in [0.3, 0.4) is 0 Å². The molecule has 0 aromatic carbocycles. The molecular weight excluding hydrogens is 480 g/mol. The van der Waals surface area contributed by atoms with Gasteiger partial charge in [0.1, 0.15) is 0 Å². The second-order valence-electron chi connectivity index (χ2n) is 12.7. The van der Waals surface area contributed by atoms with E-state index < -0.39 is 11.3 Å². The molecule has 0 aromatic rings. The molecule has 38 heavy (non-hydrogen) atoms. The van der Waals surface area contributed by atoms with Crippen molar-refractivity contribution in [3.05, 3.63) is 47.1 Å². The highest BCUT2D eigenvalue weighted by molar-refractivity contribution is 6.08. The molecule has 5 rings (SSSR count). The van der Waals surface area contributed by atoms with Crippen LogP contribution >= 0.6 is 0 Å². The van der Waals surface area contributed by atoms with E-state index in [1.54, 1.807) is 12.2 Å². The minimum atomic E-state index is -0.864. The lowest BCUT2D eigenvalue weighted by Gasteiger charge is -2.61. The molecule has 5 aliphatic rings. The molecule has 1 spiro atoms. The minimum absolute atomic E-state index is 0.0278. The van der Waals surface area contributed by atoms with Crippen molar-refractivity contribution in [3.63, 3.8) is 0 Å². The van der Waals surface area contributed by atoms with Gasteiger partial charge in [0.15, 0.2) is 11.6 Å². The van der Waals surface area contributed by atoms with E-state index in [-0.39, 0.29) is 58.0 Å². The summed E-state index contributed by atoms with van der Waals surface area (Å²) in [7, 11) is 2.83. The summed E-state index contributed by atoms with van der Waals surface area (Å²) >= 11 is 0. The zero-order valence-corrected chi connectivity index (χ0v) is 23.5. The lowest BCUT2D eigenvalue weighted by Crippen LogP contribution is -2.57. The maximum absolute atomic E-state index is 14.3. The number of rotatable bonds is 4. The number of hydrogen-bond acceptors (Lipinski definition) is 6. The van der Waals surface area contributed by atoms with Crippen molar-refractivity contribution in [3.8, 4) is 0 Å². The monoisotopic (exact) mass is 520 g/mol. The fourth-order valence-corrected chi connectivity index (χ4v) is 8.58. The van der Waals surface area contributed by atoms with E-state index in [0.717, 1.165) is 42.4 Å². The van der Waals surface area contributed by atoms with Crippen molar-refractivity contribution >= 4 is 23.5 Å². The quantitative estimate of drug-likeness (QED) is 0.368. The first kappa shape index (κ1) is 26.8. The number of methoxy groups -OCH3 is 2. The van der Waals surface area contributed by atoms with Gasteiger partial charge >= 0.3 is 11.9 Å². The van der Waals surface area contributed by atoms with Gasteiger partial charge in [-0.25, -0.2) is 0 Å². The molecule has 0 saturated heterocycles. The van der Waals surface area contributed by atoms with Gasteiger partial charge in [0.05, 0.1) is 31.5 Å². The number of fused-ring (bicyclic) bond motifs is 3. The summed E-state index contributed by atoms with van der Waals surface area (Å²) in [6, 6.07) is 0. The number of allylic oxidation sites excluding steroid dienone is 8. The van der Waals surface area contributed by atoms with E-state index in [1.165, 1.54) is 14.2 Å². The molecular formula is C32H40O6. The third-order valence-corrected chi connectivity index (χ3v) is 10.8. The zero-order chi connectivity index (χ0) is 27.6. The number of hydrogen-bond donors (Lipinski definition) is 0. The first-order valence-electron chi connectivity index (χ1n) is 14.0. The van der Waals surface area contributed by atoms with E-state index in [9.17, 15) is 19.2 Å². The summed E-state index contributed by atoms with van der Waals surface area (Å²) < 4.78 is 10.3. The first-order valence-corrected chi connectivity index (χ1v) is 14.0. The average Bonchev–Trinajstić information content (AvgIpc) is 2.92.